The lowest BCUT2D eigenvalue weighted by molar-refractivity contribution is 0.149. The van der Waals surface area contributed by atoms with E-state index in [4.69, 9.17) is 9.47 Å². The van der Waals surface area contributed by atoms with Crippen molar-refractivity contribution in [3.05, 3.63) is 23.3 Å². The van der Waals surface area contributed by atoms with Crippen LogP contribution in [-0.4, -0.2) is 24.9 Å². The van der Waals surface area contributed by atoms with Crippen LogP contribution in [-0.2, 0) is 12.1 Å². The summed E-state index contributed by atoms with van der Waals surface area (Å²) in [6, 6.07) is 3.44. The molecule has 106 valence electrons. The summed E-state index contributed by atoms with van der Waals surface area (Å²) in [5.74, 6) is 1.10. The van der Waals surface area contributed by atoms with Crippen molar-refractivity contribution < 1.29 is 19.0 Å². The van der Waals surface area contributed by atoms with Gasteiger partial charge in [0.2, 0.25) is 0 Å². The number of benzene rings is 1. The Morgan fingerprint density at radius 2 is 1.79 bits per heavy atom. The molecule has 19 heavy (non-hydrogen) atoms. The Labute approximate surface area is 113 Å². The summed E-state index contributed by atoms with van der Waals surface area (Å²) in [7, 11) is 3.08. The third kappa shape index (κ3) is 3.00. The van der Waals surface area contributed by atoms with E-state index in [1.807, 2.05) is 0 Å². The molecular weight excluding hydrogens is 247 g/mol. The molecule has 0 unspecified atom stereocenters. The van der Waals surface area contributed by atoms with Crippen LogP contribution in [0.3, 0.4) is 0 Å². The third-order valence-corrected chi connectivity index (χ3v) is 3.59. The Kier molecular flexibility index (Phi) is 3.47. The van der Waals surface area contributed by atoms with E-state index >= 15 is 0 Å². The van der Waals surface area contributed by atoms with Crippen molar-refractivity contribution in [1.82, 2.24) is 0 Å². The van der Waals surface area contributed by atoms with Gasteiger partial charge in [0.05, 0.1) is 19.8 Å². The number of rotatable bonds is 5. The average molecular weight is 268 g/mol. The smallest absolute Gasteiger partial charge is 0.134 e. The van der Waals surface area contributed by atoms with Crippen LogP contribution in [0, 0.1) is 0 Å². The largest absolute Gasteiger partial charge is 0.496 e. The van der Waals surface area contributed by atoms with Gasteiger partial charge in [-0.3, -0.25) is 0 Å². The number of halogens is 1. The van der Waals surface area contributed by atoms with Crippen LogP contribution >= 0.6 is 0 Å². The fourth-order valence-corrected chi connectivity index (χ4v) is 2.24. The van der Waals surface area contributed by atoms with Crippen LogP contribution in [0.2, 0.25) is 0 Å². The maximum atomic E-state index is 14.2. The van der Waals surface area contributed by atoms with Crippen molar-refractivity contribution in [2.45, 2.75) is 44.4 Å². The summed E-state index contributed by atoms with van der Waals surface area (Å²) in [4.78, 5) is 0. The topological polar surface area (TPSA) is 38.7 Å². The molecule has 0 saturated heterocycles. The van der Waals surface area contributed by atoms with Crippen molar-refractivity contribution in [3.63, 3.8) is 0 Å². The number of hydrogen-bond donors (Lipinski definition) is 1. The Morgan fingerprint density at radius 1 is 1.21 bits per heavy atom. The quantitative estimate of drug-likeness (QED) is 0.892. The van der Waals surface area contributed by atoms with E-state index in [1.165, 1.54) is 21.0 Å². The Morgan fingerprint density at radius 3 is 2.21 bits per heavy atom. The van der Waals surface area contributed by atoms with Crippen LogP contribution in [0.4, 0.5) is 4.39 Å². The highest BCUT2D eigenvalue weighted by Crippen LogP contribution is 2.43. The molecule has 4 heteroatoms. The number of alkyl halides is 1. The molecule has 1 aliphatic carbocycles. The van der Waals surface area contributed by atoms with Crippen molar-refractivity contribution in [3.8, 4) is 11.5 Å². The number of ether oxygens (including phenoxy) is 2. The van der Waals surface area contributed by atoms with Gasteiger partial charge < -0.3 is 14.6 Å². The Balaban J connectivity index is 2.46. The zero-order valence-corrected chi connectivity index (χ0v) is 11.9. The maximum Gasteiger partial charge on any atom is 0.134 e. The van der Waals surface area contributed by atoms with Gasteiger partial charge in [-0.2, -0.15) is 0 Å². The first-order valence-electron chi connectivity index (χ1n) is 6.46. The zero-order chi connectivity index (χ0) is 14.3. The normalized spacial score (nSPS) is 17.2. The molecule has 1 saturated carbocycles. The van der Waals surface area contributed by atoms with Gasteiger partial charge in [0.1, 0.15) is 17.2 Å². The molecule has 0 spiro atoms. The van der Waals surface area contributed by atoms with Gasteiger partial charge in [-0.25, -0.2) is 4.39 Å². The van der Waals surface area contributed by atoms with Crippen molar-refractivity contribution in [2.75, 3.05) is 14.2 Å². The van der Waals surface area contributed by atoms with Crippen molar-refractivity contribution >= 4 is 0 Å². The highest BCUT2D eigenvalue weighted by molar-refractivity contribution is 5.49. The fourth-order valence-electron chi connectivity index (χ4n) is 2.24. The van der Waals surface area contributed by atoms with E-state index in [1.54, 1.807) is 19.2 Å². The van der Waals surface area contributed by atoms with Gasteiger partial charge in [0.15, 0.2) is 0 Å². The van der Waals surface area contributed by atoms with E-state index in [0.717, 1.165) is 18.4 Å². The third-order valence-electron chi connectivity index (χ3n) is 3.59. The summed E-state index contributed by atoms with van der Waals surface area (Å²) in [6.07, 6.45) is 2.07. The molecule has 0 bridgehead atoms. The summed E-state index contributed by atoms with van der Waals surface area (Å²) in [5, 5.41) is 10.0. The molecule has 1 aromatic carbocycles. The van der Waals surface area contributed by atoms with Gasteiger partial charge in [-0.15, -0.1) is 0 Å². The fraction of sp³-hybridized carbons (Fsp3) is 0.600. The van der Waals surface area contributed by atoms with Crippen molar-refractivity contribution in [1.29, 1.82) is 0 Å². The molecule has 1 aliphatic rings. The van der Waals surface area contributed by atoms with E-state index in [-0.39, 0.29) is 0 Å². The van der Waals surface area contributed by atoms with E-state index in [9.17, 15) is 9.50 Å². The van der Waals surface area contributed by atoms with Gasteiger partial charge in [-0.1, -0.05) is 0 Å². The number of hydrogen-bond acceptors (Lipinski definition) is 3. The molecule has 0 aromatic heterocycles. The van der Waals surface area contributed by atoms with Crippen LogP contribution in [0.25, 0.3) is 0 Å². The zero-order valence-electron chi connectivity index (χ0n) is 11.9. The number of methoxy groups -OCH3 is 2. The highest BCUT2D eigenvalue weighted by Gasteiger charge is 2.41. The Bertz CT molecular complexity index is 473. The van der Waals surface area contributed by atoms with Crippen LogP contribution < -0.4 is 9.47 Å². The summed E-state index contributed by atoms with van der Waals surface area (Å²) in [5.41, 5.74) is -0.836. The van der Waals surface area contributed by atoms with Gasteiger partial charge in [0, 0.05) is 18.1 Å². The molecular formula is C15H21FO3. The SMILES string of the molecule is COc1cc(OC)c(C(C)(C)F)cc1CC1(O)CC1. The second kappa shape index (κ2) is 4.67. The molecule has 1 N–H and O–H groups in total. The minimum Gasteiger partial charge on any atom is -0.496 e. The predicted octanol–water partition coefficient (Wildman–Crippen LogP) is 2.98. The van der Waals surface area contributed by atoms with E-state index in [0.29, 0.717) is 23.5 Å². The first-order valence-corrected chi connectivity index (χ1v) is 6.46. The van der Waals surface area contributed by atoms with Crippen LogP contribution in [0.1, 0.15) is 37.8 Å². The molecule has 2 rings (SSSR count). The van der Waals surface area contributed by atoms with E-state index < -0.39 is 11.3 Å². The molecule has 3 nitrogen and oxygen atoms in total. The predicted molar refractivity (Wildman–Crippen MR) is 71.6 cm³/mol. The first kappa shape index (κ1) is 14.1. The lowest BCUT2D eigenvalue weighted by Gasteiger charge is -2.22. The maximum absolute atomic E-state index is 14.2. The monoisotopic (exact) mass is 268 g/mol. The first-order chi connectivity index (χ1) is 8.79. The molecule has 1 fully saturated rings. The Hall–Kier alpha value is -1.29. The van der Waals surface area contributed by atoms with Gasteiger partial charge in [-0.05, 0) is 38.3 Å². The van der Waals surface area contributed by atoms with Crippen molar-refractivity contribution in [2.24, 2.45) is 0 Å². The second-order valence-corrected chi connectivity index (χ2v) is 5.74. The second-order valence-electron chi connectivity index (χ2n) is 5.74. The summed E-state index contributed by atoms with van der Waals surface area (Å²) < 4.78 is 24.8. The molecule has 0 radical (unpaired) electrons. The number of aliphatic hydroxyl groups is 1. The average Bonchev–Trinajstić information content (AvgIpc) is 3.05. The van der Waals surface area contributed by atoms with E-state index in [2.05, 4.69) is 0 Å². The molecule has 0 aliphatic heterocycles. The van der Waals surface area contributed by atoms with Gasteiger partial charge >= 0.3 is 0 Å². The minimum atomic E-state index is -1.50. The lowest BCUT2D eigenvalue weighted by Crippen LogP contribution is -2.15. The molecule has 1 aromatic rings. The van der Waals surface area contributed by atoms with Crippen LogP contribution in [0.15, 0.2) is 12.1 Å². The standard InChI is InChI=1S/C15H21FO3/c1-14(2,16)11-7-10(9-15(17)5-6-15)12(18-3)8-13(11)19-4/h7-8,17H,5-6,9H2,1-4H3. The lowest BCUT2D eigenvalue weighted by atomic mass is 9.94. The minimum absolute atomic E-state index is 0.468. The summed E-state index contributed by atoms with van der Waals surface area (Å²) >= 11 is 0. The van der Waals surface area contributed by atoms with Gasteiger partial charge in [0.25, 0.3) is 0 Å². The molecule has 0 amide bonds. The summed E-state index contributed by atoms with van der Waals surface area (Å²) in [6.45, 7) is 2.99. The van der Waals surface area contributed by atoms with Crippen LogP contribution in [0.5, 0.6) is 11.5 Å². The highest BCUT2D eigenvalue weighted by atomic mass is 19.1. The molecule has 0 atom stereocenters. The molecule has 0 heterocycles.